The third kappa shape index (κ3) is 4.14. The standard InChI is InChI=1S/C24H20F2N8O4/c25-14-3-1-13(2-4-14)18(10-35)29-21-16(22-32-28-11-38-22)9-27-24(31-21)30-17-6-5-15-20(19(17)26)34-12-37-8-7-33(34)23(15)36/h1-6,9,11,18,35H,7-8,10,12H2,(H2,27,29,30,31)/t18-/m1/s1/i10D2. The summed E-state index contributed by atoms with van der Waals surface area (Å²) < 4.78 is 58.6. The molecule has 12 nitrogen and oxygen atoms in total. The van der Waals surface area contributed by atoms with E-state index in [0.717, 1.165) is 18.5 Å². The van der Waals surface area contributed by atoms with E-state index >= 15 is 4.39 Å². The molecular weight excluding hydrogens is 502 g/mol. The first-order valence-corrected chi connectivity index (χ1v) is 11.4. The number of rotatable bonds is 7. The fourth-order valence-electron chi connectivity index (χ4n) is 4.22. The average molecular weight is 524 g/mol. The van der Waals surface area contributed by atoms with Crippen molar-refractivity contribution in [3.05, 3.63) is 76.5 Å². The second kappa shape index (κ2) is 9.64. The maximum Gasteiger partial charge on any atom is 0.274 e. The van der Waals surface area contributed by atoms with Crippen LogP contribution in [0.4, 0.5) is 26.2 Å². The number of aromatic nitrogens is 6. The molecule has 0 fully saturated rings. The molecule has 4 heterocycles. The molecule has 14 heteroatoms. The summed E-state index contributed by atoms with van der Waals surface area (Å²) in [6.07, 6.45) is 2.36. The van der Waals surface area contributed by atoms with Gasteiger partial charge in [0.05, 0.1) is 45.1 Å². The van der Waals surface area contributed by atoms with Gasteiger partial charge in [-0.2, -0.15) is 4.98 Å². The van der Waals surface area contributed by atoms with E-state index in [1.807, 2.05) is 0 Å². The third-order valence-electron chi connectivity index (χ3n) is 6.03. The Balaban J connectivity index is 1.41. The summed E-state index contributed by atoms with van der Waals surface area (Å²) >= 11 is 0. The molecule has 0 saturated heterocycles. The van der Waals surface area contributed by atoms with Gasteiger partial charge in [-0.25, -0.2) is 18.4 Å². The molecule has 0 unspecified atom stereocenters. The molecule has 0 amide bonds. The number of ether oxygens (including phenoxy) is 1. The molecule has 0 bridgehead atoms. The lowest BCUT2D eigenvalue weighted by molar-refractivity contribution is 0.0176. The predicted molar refractivity (Wildman–Crippen MR) is 131 cm³/mol. The second-order valence-corrected chi connectivity index (χ2v) is 8.27. The van der Waals surface area contributed by atoms with Crippen LogP contribution >= 0.6 is 0 Å². The third-order valence-corrected chi connectivity index (χ3v) is 6.03. The lowest BCUT2D eigenvalue weighted by Crippen LogP contribution is -2.30. The summed E-state index contributed by atoms with van der Waals surface area (Å²) in [5, 5.41) is 23.5. The van der Waals surface area contributed by atoms with Crippen LogP contribution in [0, 0.1) is 11.6 Å². The van der Waals surface area contributed by atoms with E-state index in [9.17, 15) is 14.3 Å². The Kier molecular flexibility index (Phi) is 5.43. The van der Waals surface area contributed by atoms with Crippen molar-refractivity contribution in [3.8, 4) is 11.5 Å². The van der Waals surface area contributed by atoms with Crippen molar-refractivity contribution in [3.63, 3.8) is 0 Å². The molecule has 0 radical (unpaired) electrons. The van der Waals surface area contributed by atoms with Crippen LogP contribution in [0.15, 0.2) is 58.2 Å². The first kappa shape index (κ1) is 21.4. The minimum atomic E-state index is -2.83. The Morgan fingerprint density at radius 1 is 1.18 bits per heavy atom. The minimum absolute atomic E-state index is 0.0104. The summed E-state index contributed by atoms with van der Waals surface area (Å²) in [6.45, 7) is -2.19. The number of aliphatic hydroxyl groups is 1. The molecule has 194 valence electrons. The van der Waals surface area contributed by atoms with E-state index in [0.29, 0.717) is 13.2 Å². The van der Waals surface area contributed by atoms with Crippen molar-refractivity contribution < 1.29 is 25.8 Å². The van der Waals surface area contributed by atoms with Crippen molar-refractivity contribution in [1.29, 1.82) is 0 Å². The van der Waals surface area contributed by atoms with Gasteiger partial charge in [0.2, 0.25) is 12.3 Å². The van der Waals surface area contributed by atoms with Gasteiger partial charge >= 0.3 is 0 Å². The Morgan fingerprint density at radius 2 is 2.03 bits per heavy atom. The number of halogens is 2. The van der Waals surface area contributed by atoms with Gasteiger partial charge in [0.25, 0.3) is 11.4 Å². The molecule has 3 aromatic heterocycles. The van der Waals surface area contributed by atoms with E-state index in [4.69, 9.17) is 11.9 Å². The molecule has 38 heavy (non-hydrogen) atoms. The number of hydrogen-bond acceptors (Lipinski definition) is 10. The predicted octanol–water partition coefficient (Wildman–Crippen LogP) is 2.80. The van der Waals surface area contributed by atoms with E-state index < -0.39 is 24.2 Å². The largest absolute Gasteiger partial charge is 0.423 e. The number of benzene rings is 2. The Hall–Kier alpha value is -4.69. The molecule has 0 saturated carbocycles. The van der Waals surface area contributed by atoms with Crippen molar-refractivity contribution >= 4 is 28.4 Å². The zero-order chi connectivity index (χ0) is 28.0. The topological polar surface area (TPSA) is 145 Å². The molecule has 1 aliphatic heterocycles. The van der Waals surface area contributed by atoms with Gasteiger partial charge in [0.15, 0.2) is 5.82 Å². The number of nitrogens with one attached hydrogen (secondary N) is 2. The monoisotopic (exact) mass is 524 g/mol. The maximum atomic E-state index is 15.7. The highest BCUT2D eigenvalue weighted by atomic mass is 19.1. The van der Waals surface area contributed by atoms with Crippen LogP contribution in [0.3, 0.4) is 0 Å². The first-order chi connectivity index (χ1) is 19.2. The lowest BCUT2D eigenvalue weighted by Gasteiger charge is -2.19. The van der Waals surface area contributed by atoms with Gasteiger partial charge < -0.3 is 24.9 Å². The SMILES string of the molecule is [2H]C([2H])(O)[C@@H](Nc1nc(Nc2ccc3c(=O)n4n(c3c2F)COCC4)ncc1-c1nnco1)c1ccc(F)cc1. The van der Waals surface area contributed by atoms with Gasteiger partial charge in [-0.3, -0.25) is 9.48 Å². The molecule has 3 N–H and O–H groups in total. The molecule has 1 aliphatic rings. The summed E-state index contributed by atoms with van der Waals surface area (Å²) in [7, 11) is 0. The van der Waals surface area contributed by atoms with Gasteiger partial charge in [-0.15, -0.1) is 10.2 Å². The van der Waals surface area contributed by atoms with E-state index in [1.54, 1.807) is 0 Å². The van der Waals surface area contributed by atoms with Gasteiger partial charge in [-0.1, -0.05) is 12.1 Å². The van der Waals surface area contributed by atoms with E-state index in [1.165, 1.54) is 39.8 Å². The summed E-state index contributed by atoms with van der Waals surface area (Å²) in [5.41, 5.74) is 0.0469. The van der Waals surface area contributed by atoms with Gasteiger partial charge in [0, 0.05) is 6.20 Å². The number of nitrogens with zero attached hydrogens (tertiary/aromatic N) is 6. The Labute approximate surface area is 215 Å². The van der Waals surface area contributed by atoms with Crippen LogP contribution in [0.1, 0.15) is 14.3 Å². The van der Waals surface area contributed by atoms with Crippen molar-refractivity contribution in [2.75, 3.05) is 23.8 Å². The van der Waals surface area contributed by atoms with E-state index in [-0.39, 0.29) is 57.7 Å². The van der Waals surface area contributed by atoms with Crippen molar-refractivity contribution in [2.24, 2.45) is 0 Å². The summed E-state index contributed by atoms with van der Waals surface area (Å²) in [5.74, 6) is -1.46. The quantitative estimate of drug-likeness (QED) is 0.291. The van der Waals surface area contributed by atoms with Gasteiger partial charge in [-0.05, 0) is 29.8 Å². The van der Waals surface area contributed by atoms with Crippen LogP contribution in [-0.2, 0) is 18.0 Å². The number of anilines is 3. The molecule has 0 spiro atoms. The minimum Gasteiger partial charge on any atom is -0.423 e. The summed E-state index contributed by atoms with van der Waals surface area (Å²) in [4.78, 5) is 21.2. The Bertz CT molecular complexity index is 1750. The van der Waals surface area contributed by atoms with Crippen LogP contribution in [0.2, 0.25) is 0 Å². The highest BCUT2D eigenvalue weighted by molar-refractivity contribution is 5.84. The Morgan fingerprint density at radius 3 is 2.79 bits per heavy atom. The van der Waals surface area contributed by atoms with Crippen LogP contribution in [0.5, 0.6) is 0 Å². The van der Waals surface area contributed by atoms with Crippen molar-refractivity contribution in [1.82, 2.24) is 29.5 Å². The second-order valence-electron chi connectivity index (χ2n) is 8.27. The van der Waals surface area contributed by atoms with Gasteiger partial charge in [0.1, 0.15) is 23.9 Å². The summed E-state index contributed by atoms with van der Waals surface area (Å²) in [6, 6.07) is 6.30. The van der Waals surface area contributed by atoms with Crippen molar-refractivity contribution in [2.45, 2.75) is 19.3 Å². The zero-order valence-electron chi connectivity index (χ0n) is 21.4. The smallest absolute Gasteiger partial charge is 0.274 e. The normalized spacial score (nSPS) is 15.0. The number of fused-ring (bicyclic) bond motifs is 3. The molecule has 0 aliphatic carbocycles. The highest BCUT2D eigenvalue weighted by Gasteiger charge is 2.23. The molecular formula is C24H20F2N8O4. The van der Waals surface area contributed by atoms with Crippen LogP contribution in [-0.4, -0.2) is 47.8 Å². The maximum absolute atomic E-state index is 15.7. The molecule has 1 atom stereocenters. The van der Waals surface area contributed by atoms with E-state index in [2.05, 4.69) is 30.8 Å². The number of hydrogen-bond donors (Lipinski definition) is 3. The molecule has 6 rings (SSSR count). The zero-order valence-corrected chi connectivity index (χ0v) is 19.4. The first-order valence-electron chi connectivity index (χ1n) is 12.4. The fourth-order valence-corrected chi connectivity index (χ4v) is 4.22. The molecule has 2 aromatic carbocycles. The lowest BCUT2D eigenvalue weighted by atomic mass is 10.1. The fraction of sp³-hybridized carbons (Fsp3) is 0.208. The average Bonchev–Trinajstić information content (AvgIpc) is 3.57. The highest BCUT2D eigenvalue weighted by Crippen LogP contribution is 2.31. The molecule has 5 aromatic rings. The van der Waals surface area contributed by atoms with Crippen LogP contribution < -0.4 is 16.2 Å². The van der Waals surface area contributed by atoms with Crippen LogP contribution in [0.25, 0.3) is 22.4 Å².